The molecule has 2 aromatic carbocycles. The molecule has 7 heteroatoms. The fraction of sp³-hybridized carbons (Fsp3) is 0.143. The maximum atomic E-state index is 12.9. The topological polar surface area (TPSA) is 71.8 Å². The third-order valence-electron chi connectivity index (χ3n) is 3.85. The Morgan fingerprint density at radius 2 is 1.82 bits per heavy atom. The molecule has 0 radical (unpaired) electrons. The number of ether oxygens (including phenoxy) is 1. The van der Waals surface area contributed by atoms with E-state index in [1.165, 1.54) is 35.2 Å². The number of carbonyl (C=O) groups excluding carboxylic acids is 2. The summed E-state index contributed by atoms with van der Waals surface area (Å²) in [6.07, 6.45) is 0. The van der Waals surface area contributed by atoms with Crippen molar-refractivity contribution in [2.75, 3.05) is 19.4 Å². The highest BCUT2D eigenvalue weighted by Gasteiger charge is 2.14. The second-order valence-electron chi connectivity index (χ2n) is 6.24. The molecule has 0 aliphatic heterocycles. The number of amides is 2. The molecule has 144 valence electrons. The Morgan fingerprint density at radius 1 is 1.07 bits per heavy atom. The number of anilines is 1. The highest BCUT2D eigenvalue weighted by Crippen LogP contribution is 2.17. The number of nitrogens with one attached hydrogen (secondary N) is 1. The first-order valence-corrected chi connectivity index (χ1v) is 8.52. The van der Waals surface area contributed by atoms with Crippen LogP contribution in [-0.4, -0.2) is 30.8 Å². The summed E-state index contributed by atoms with van der Waals surface area (Å²) in [4.78, 5) is 25.9. The van der Waals surface area contributed by atoms with Crippen LogP contribution in [0.4, 0.5) is 10.1 Å². The molecule has 1 heterocycles. The molecule has 0 spiro atoms. The van der Waals surface area contributed by atoms with Gasteiger partial charge in [0.05, 0.1) is 0 Å². The van der Waals surface area contributed by atoms with Gasteiger partial charge in [-0.15, -0.1) is 0 Å². The monoisotopic (exact) mass is 382 g/mol. The van der Waals surface area contributed by atoms with Gasteiger partial charge in [-0.25, -0.2) is 4.39 Å². The summed E-state index contributed by atoms with van der Waals surface area (Å²) in [5.41, 5.74) is 0.953. The highest BCUT2D eigenvalue weighted by molar-refractivity contribution is 6.03. The molecule has 3 rings (SSSR count). The van der Waals surface area contributed by atoms with Crippen LogP contribution >= 0.6 is 0 Å². The van der Waals surface area contributed by atoms with E-state index in [1.807, 2.05) is 0 Å². The van der Waals surface area contributed by atoms with Gasteiger partial charge in [0.25, 0.3) is 11.8 Å². The minimum atomic E-state index is -0.442. The van der Waals surface area contributed by atoms with E-state index in [9.17, 15) is 14.0 Å². The Bertz CT molecular complexity index is 980. The summed E-state index contributed by atoms with van der Waals surface area (Å²) in [5.74, 6) is 0.108. The smallest absolute Gasteiger partial charge is 0.291 e. The lowest BCUT2D eigenvalue weighted by molar-refractivity contribution is 0.0827. The summed E-state index contributed by atoms with van der Waals surface area (Å²) in [5, 5.41) is 2.70. The number of hydrogen-bond donors (Lipinski definition) is 1. The summed E-state index contributed by atoms with van der Waals surface area (Å²) in [6, 6.07) is 15.4. The Labute approximate surface area is 161 Å². The van der Waals surface area contributed by atoms with Crippen LogP contribution in [0, 0.1) is 5.82 Å². The number of hydrogen-bond acceptors (Lipinski definition) is 4. The van der Waals surface area contributed by atoms with E-state index in [2.05, 4.69) is 5.32 Å². The number of nitrogens with zero attached hydrogens (tertiary/aromatic N) is 1. The Hall–Kier alpha value is -3.61. The van der Waals surface area contributed by atoms with Crippen molar-refractivity contribution in [2.45, 2.75) is 6.61 Å². The second kappa shape index (κ2) is 8.39. The van der Waals surface area contributed by atoms with E-state index < -0.39 is 5.91 Å². The molecule has 0 aliphatic carbocycles. The van der Waals surface area contributed by atoms with Crippen LogP contribution in [0.3, 0.4) is 0 Å². The van der Waals surface area contributed by atoms with Crippen molar-refractivity contribution in [3.63, 3.8) is 0 Å². The summed E-state index contributed by atoms with van der Waals surface area (Å²) < 4.78 is 23.9. The summed E-state index contributed by atoms with van der Waals surface area (Å²) >= 11 is 0. The van der Waals surface area contributed by atoms with Crippen molar-refractivity contribution >= 4 is 17.5 Å². The molecule has 6 nitrogen and oxygen atoms in total. The van der Waals surface area contributed by atoms with E-state index in [4.69, 9.17) is 9.15 Å². The van der Waals surface area contributed by atoms with Gasteiger partial charge in [0.15, 0.2) is 5.76 Å². The average Bonchev–Trinajstić information content (AvgIpc) is 3.16. The fourth-order valence-electron chi connectivity index (χ4n) is 2.44. The highest BCUT2D eigenvalue weighted by atomic mass is 19.1. The van der Waals surface area contributed by atoms with Crippen LogP contribution in [0.5, 0.6) is 5.75 Å². The van der Waals surface area contributed by atoms with Gasteiger partial charge in [-0.3, -0.25) is 9.59 Å². The first kappa shape index (κ1) is 19.2. The SMILES string of the molecule is CN(C)C(=O)c1cccc(NC(=O)c2ccc(COc3ccc(F)cc3)o2)c1. The quantitative estimate of drug-likeness (QED) is 0.701. The molecule has 0 aliphatic rings. The minimum absolute atomic E-state index is 0.103. The molecule has 0 saturated heterocycles. The van der Waals surface area contributed by atoms with Crippen LogP contribution < -0.4 is 10.1 Å². The van der Waals surface area contributed by atoms with E-state index in [0.29, 0.717) is 22.8 Å². The molecule has 0 atom stereocenters. The van der Waals surface area contributed by atoms with E-state index >= 15 is 0 Å². The molecule has 0 unspecified atom stereocenters. The normalized spacial score (nSPS) is 10.4. The molecule has 0 bridgehead atoms. The molecule has 0 fully saturated rings. The first-order chi connectivity index (χ1) is 13.4. The maximum Gasteiger partial charge on any atom is 0.291 e. The van der Waals surface area contributed by atoms with Crippen molar-refractivity contribution in [3.05, 3.63) is 83.6 Å². The number of halogens is 1. The molecular formula is C21H19FN2O4. The van der Waals surface area contributed by atoms with Crippen molar-refractivity contribution in [2.24, 2.45) is 0 Å². The van der Waals surface area contributed by atoms with Gasteiger partial charge in [-0.1, -0.05) is 6.07 Å². The third-order valence-corrected chi connectivity index (χ3v) is 3.85. The molecule has 2 amide bonds. The van der Waals surface area contributed by atoms with Crippen LogP contribution in [-0.2, 0) is 6.61 Å². The predicted molar refractivity (Wildman–Crippen MR) is 102 cm³/mol. The van der Waals surface area contributed by atoms with E-state index in [1.54, 1.807) is 44.4 Å². The van der Waals surface area contributed by atoms with Gasteiger partial charge in [-0.2, -0.15) is 0 Å². The molecular weight excluding hydrogens is 363 g/mol. The lowest BCUT2D eigenvalue weighted by atomic mass is 10.2. The zero-order chi connectivity index (χ0) is 20.1. The minimum Gasteiger partial charge on any atom is -0.486 e. The molecule has 1 aromatic heterocycles. The van der Waals surface area contributed by atoms with Crippen molar-refractivity contribution in [1.29, 1.82) is 0 Å². The van der Waals surface area contributed by atoms with Crippen LogP contribution in [0.1, 0.15) is 26.7 Å². The lowest BCUT2D eigenvalue weighted by Gasteiger charge is -2.11. The van der Waals surface area contributed by atoms with Gasteiger partial charge in [0, 0.05) is 25.3 Å². The van der Waals surface area contributed by atoms with Crippen molar-refractivity contribution in [3.8, 4) is 5.75 Å². The predicted octanol–water partition coefficient (Wildman–Crippen LogP) is 3.95. The standard InChI is InChI=1S/C21H19FN2O4/c1-24(2)21(26)14-4-3-5-16(12-14)23-20(25)19-11-10-18(28-19)13-27-17-8-6-15(22)7-9-17/h3-12H,13H2,1-2H3,(H,23,25). The molecule has 1 N–H and O–H groups in total. The second-order valence-corrected chi connectivity index (χ2v) is 6.24. The maximum absolute atomic E-state index is 12.9. The van der Waals surface area contributed by atoms with Gasteiger partial charge >= 0.3 is 0 Å². The zero-order valence-corrected chi connectivity index (χ0v) is 15.4. The number of rotatable bonds is 6. The fourth-order valence-corrected chi connectivity index (χ4v) is 2.44. The van der Waals surface area contributed by atoms with Crippen molar-refractivity contribution < 1.29 is 23.1 Å². The Kier molecular flexibility index (Phi) is 5.74. The number of carbonyl (C=O) groups is 2. The molecule has 3 aromatic rings. The zero-order valence-electron chi connectivity index (χ0n) is 15.4. The first-order valence-electron chi connectivity index (χ1n) is 8.52. The summed E-state index contributed by atoms with van der Waals surface area (Å²) in [6.45, 7) is 0.103. The van der Waals surface area contributed by atoms with Gasteiger partial charge in [-0.05, 0) is 54.6 Å². The third kappa shape index (κ3) is 4.76. The molecule has 0 saturated carbocycles. The van der Waals surface area contributed by atoms with E-state index in [-0.39, 0.29) is 24.1 Å². The van der Waals surface area contributed by atoms with Gasteiger partial charge in [0.2, 0.25) is 0 Å². The molecule has 28 heavy (non-hydrogen) atoms. The van der Waals surface area contributed by atoms with Gasteiger partial charge < -0.3 is 19.4 Å². The Morgan fingerprint density at radius 3 is 2.54 bits per heavy atom. The van der Waals surface area contributed by atoms with Gasteiger partial charge in [0.1, 0.15) is 23.9 Å². The van der Waals surface area contributed by atoms with Crippen molar-refractivity contribution in [1.82, 2.24) is 4.90 Å². The van der Waals surface area contributed by atoms with Crippen LogP contribution in [0.2, 0.25) is 0 Å². The lowest BCUT2D eigenvalue weighted by Crippen LogP contribution is -2.21. The largest absolute Gasteiger partial charge is 0.486 e. The Balaban J connectivity index is 1.62. The average molecular weight is 382 g/mol. The number of benzene rings is 2. The van der Waals surface area contributed by atoms with E-state index in [0.717, 1.165) is 0 Å². The van der Waals surface area contributed by atoms with Crippen LogP contribution in [0.25, 0.3) is 0 Å². The summed E-state index contributed by atoms with van der Waals surface area (Å²) in [7, 11) is 3.32. The van der Waals surface area contributed by atoms with Crippen LogP contribution in [0.15, 0.2) is 65.1 Å². The number of furan rings is 1.